The van der Waals surface area contributed by atoms with Crippen molar-refractivity contribution < 1.29 is 0 Å². The second-order valence-electron chi connectivity index (χ2n) is 3.22. The van der Waals surface area contributed by atoms with E-state index in [1.54, 1.807) is 0 Å². The average molecular weight is 177 g/mol. The van der Waals surface area contributed by atoms with Crippen molar-refractivity contribution in [1.82, 2.24) is 10.6 Å². The summed E-state index contributed by atoms with van der Waals surface area (Å²) in [5, 5.41) is 10.1. The lowest BCUT2D eigenvalue weighted by molar-refractivity contribution is 0.450. The SMILES string of the molecule is c1ccc(NC2CNCCN2)cc1. The quantitative estimate of drug-likeness (QED) is 0.619. The maximum absolute atomic E-state index is 3.41. The van der Waals surface area contributed by atoms with Crippen LogP contribution in [-0.4, -0.2) is 25.8 Å². The first-order valence-corrected chi connectivity index (χ1v) is 4.71. The topological polar surface area (TPSA) is 36.1 Å². The van der Waals surface area contributed by atoms with Gasteiger partial charge in [0, 0.05) is 25.3 Å². The van der Waals surface area contributed by atoms with Crippen LogP contribution in [0.15, 0.2) is 30.3 Å². The maximum Gasteiger partial charge on any atom is 0.0896 e. The Morgan fingerprint density at radius 2 is 2.00 bits per heavy atom. The van der Waals surface area contributed by atoms with Crippen LogP contribution in [-0.2, 0) is 0 Å². The third-order valence-corrected chi connectivity index (χ3v) is 2.16. The minimum absolute atomic E-state index is 0.358. The summed E-state index contributed by atoms with van der Waals surface area (Å²) in [4.78, 5) is 0. The Morgan fingerprint density at radius 1 is 1.15 bits per heavy atom. The Hall–Kier alpha value is -1.06. The molecule has 0 radical (unpaired) electrons. The van der Waals surface area contributed by atoms with Crippen LogP contribution in [0.4, 0.5) is 5.69 Å². The minimum Gasteiger partial charge on any atom is -0.369 e. The second kappa shape index (κ2) is 4.25. The third-order valence-electron chi connectivity index (χ3n) is 2.16. The number of rotatable bonds is 2. The summed E-state index contributed by atoms with van der Waals surface area (Å²) in [6.07, 6.45) is 0.358. The van der Waals surface area contributed by atoms with Crippen LogP contribution in [0.3, 0.4) is 0 Å². The summed E-state index contributed by atoms with van der Waals surface area (Å²) in [6.45, 7) is 3.08. The molecule has 70 valence electrons. The monoisotopic (exact) mass is 177 g/mol. The molecule has 3 N–H and O–H groups in total. The van der Waals surface area contributed by atoms with Crippen molar-refractivity contribution in [1.29, 1.82) is 0 Å². The number of piperazine rings is 1. The second-order valence-corrected chi connectivity index (χ2v) is 3.22. The smallest absolute Gasteiger partial charge is 0.0896 e. The Labute approximate surface area is 78.5 Å². The molecule has 0 bridgehead atoms. The molecule has 1 heterocycles. The molecular weight excluding hydrogens is 162 g/mol. The molecule has 3 heteroatoms. The van der Waals surface area contributed by atoms with Crippen LogP contribution < -0.4 is 16.0 Å². The van der Waals surface area contributed by atoms with Crippen LogP contribution in [0, 0.1) is 0 Å². The van der Waals surface area contributed by atoms with Crippen molar-refractivity contribution in [3.63, 3.8) is 0 Å². The molecule has 1 aromatic carbocycles. The predicted molar refractivity (Wildman–Crippen MR) is 54.7 cm³/mol. The first-order chi connectivity index (χ1) is 6.45. The van der Waals surface area contributed by atoms with Crippen molar-refractivity contribution in [2.45, 2.75) is 6.17 Å². The number of benzene rings is 1. The summed E-state index contributed by atoms with van der Waals surface area (Å²) in [7, 11) is 0. The largest absolute Gasteiger partial charge is 0.369 e. The fourth-order valence-corrected chi connectivity index (χ4v) is 1.49. The number of hydrogen-bond acceptors (Lipinski definition) is 3. The fraction of sp³-hybridized carbons (Fsp3) is 0.400. The molecule has 13 heavy (non-hydrogen) atoms. The summed E-state index contributed by atoms with van der Waals surface area (Å²) in [5.41, 5.74) is 1.17. The van der Waals surface area contributed by atoms with E-state index in [9.17, 15) is 0 Å². The van der Waals surface area contributed by atoms with Gasteiger partial charge >= 0.3 is 0 Å². The zero-order valence-electron chi connectivity index (χ0n) is 7.59. The van der Waals surface area contributed by atoms with Gasteiger partial charge < -0.3 is 10.6 Å². The van der Waals surface area contributed by atoms with Crippen LogP contribution in [0.1, 0.15) is 0 Å². The molecule has 1 aromatic rings. The van der Waals surface area contributed by atoms with Gasteiger partial charge in [0.15, 0.2) is 0 Å². The Kier molecular flexibility index (Phi) is 2.79. The molecule has 3 nitrogen and oxygen atoms in total. The van der Waals surface area contributed by atoms with Gasteiger partial charge in [-0.3, -0.25) is 5.32 Å². The lowest BCUT2D eigenvalue weighted by Crippen LogP contribution is -2.52. The number of anilines is 1. The van der Waals surface area contributed by atoms with Gasteiger partial charge in [-0.25, -0.2) is 0 Å². The first-order valence-electron chi connectivity index (χ1n) is 4.71. The molecule has 1 aliphatic heterocycles. The zero-order valence-corrected chi connectivity index (χ0v) is 7.59. The Balaban J connectivity index is 1.90. The molecule has 1 atom stereocenters. The highest BCUT2D eigenvalue weighted by Gasteiger charge is 2.10. The van der Waals surface area contributed by atoms with E-state index in [2.05, 4.69) is 28.1 Å². The van der Waals surface area contributed by atoms with Gasteiger partial charge in [0.25, 0.3) is 0 Å². The van der Waals surface area contributed by atoms with Crippen LogP contribution >= 0.6 is 0 Å². The van der Waals surface area contributed by atoms with Gasteiger partial charge in [0.05, 0.1) is 6.17 Å². The Bertz CT molecular complexity index is 242. The third kappa shape index (κ3) is 2.44. The predicted octanol–water partition coefficient (Wildman–Crippen LogP) is 0.617. The Morgan fingerprint density at radius 3 is 2.69 bits per heavy atom. The summed E-state index contributed by atoms with van der Waals surface area (Å²) in [6, 6.07) is 10.3. The first kappa shape index (κ1) is 8.53. The van der Waals surface area contributed by atoms with Gasteiger partial charge in [0.2, 0.25) is 0 Å². The molecule has 0 aromatic heterocycles. The van der Waals surface area contributed by atoms with Crippen molar-refractivity contribution in [3.05, 3.63) is 30.3 Å². The molecule has 1 saturated heterocycles. The lowest BCUT2D eigenvalue weighted by Gasteiger charge is -2.26. The highest BCUT2D eigenvalue weighted by atomic mass is 15.2. The highest BCUT2D eigenvalue weighted by Crippen LogP contribution is 2.06. The van der Waals surface area contributed by atoms with Crippen molar-refractivity contribution in [2.75, 3.05) is 25.0 Å². The molecule has 0 saturated carbocycles. The van der Waals surface area contributed by atoms with E-state index < -0.39 is 0 Å². The van der Waals surface area contributed by atoms with Crippen LogP contribution in [0.25, 0.3) is 0 Å². The fourth-order valence-electron chi connectivity index (χ4n) is 1.49. The van der Waals surface area contributed by atoms with E-state index in [4.69, 9.17) is 0 Å². The van der Waals surface area contributed by atoms with Gasteiger partial charge in [-0.15, -0.1) is 0 Å². The van der Waals surface area contributed by atoms with Crippen LogP contribution in [0.5, 0.6) is 0 Å². The normalized spacial score (nSPS) is 22.6. The van der Waals surface area contributed by atoms with E-state index in [1.807, 2.05) is 18.2 Å². The summed E-state index contributed by atoms with van der Waals surface area (Å²) in [5.74, 6) is 0. The van der Waals surface area contributed by atoms with Gasteiger partial charge in [-0.05, 0) is 12.1 Å². The standard InChI is InChI=1S/C10H15N3/c1-2-4-9(5-3-1)13-10-8-11-6-7-12-10/h1-5,10-13H,6-8H2. The molecule has 1 unspecified atom stereocenters. The van der Waals surface area contributed by atoms with E-state index in [-0.39, 0.29) is 0 Å². The summed E-state index contributed by atoms with van der Waals surface area (Å²) >= 11 is 0. The maximum atomic E-state index is 3.41. The molecule has 2 rings (SSSR count). The molecule has 0 spiro atoms. The van der Waals surface area contributed by atoms with Crippen molar-refractivity contribution in [2.24, 2.45) is 0 Å². The average Bonchev–Trinajstić information content (AvgIpc) is 2.21. The van der Waals surface area contributed by atoms with Crippen LogP contribution in [0.2, 0.25) is 0 Å². The zero-order chi connectivity index (χ0) is 8.93. The highest BCUT2D eigenvalue weighted by molar-refractivity contribution is 5.43. The van der Waals surface area contributed by atoms with E-state index >= 15 is 0 Å². The molecular formula is C10H15N3. The molecule has 1 fully saturated rings. The number of para-hydroxylation sites is 1. The van der Waals surface area contributed by atoms with Crippen molar-refractivity contribution >= 4 is 5.69 Å². The van der Waals surface area contributed by atoms with Gasteiger partial charge in [-0.1, -0.05) is 18.2 Å². The minimum atomic E-state index is 0.358. The molecule has 0 amide bonds. The summed E-state index contributed by atoms with van der Waals surface area (Å²) < 4.78 is 0. The van der Waals surface area contributed by atoms with Gasteiger partial charge in [0.1, 0.15) is 0 Å². The van der Waals surface area contributed by atoms with E-state index in [0.29, 0.717) is 6.17 Å². The molecule has 1 aliphatic rings. The van der Waals surface area contributed by atoms with E-state index in [0.717, 1.165) is 19.6 Å². The number of hydrogen-bond donors (Lipinski definition) is 3. The lowest BCUT2D eigenvalue weighted by atomic mass is 10.3. The molecule has 0 aliphatic carbocycles. The van der Waals surface area contributed by atoms with E-state index in [1.165, 1.54) is 5.69 Å². The van der Waals surface area contributed by atoms with Crippen molar-refractivity contribution in [3.8, 4) is 0 Å². The van der Waals surface area contributed by atoms with Gasteiger partial charge in [-0.2, -0.15) is 0 Å². The number of nitrogens with one attached hydrogen (secondary N) is 3.